The van der Waals surface area contributed by atoms with E-state index < -0.39 is 6.04 Å². The summed E-state index contributed by atoms with van der Waals surface area (Å²) < 4.78 is 13.8. The standard InChI is InChI=1S/C16H23FN2O/c1-3-19(4-2)16(20)12-10-9-11(12)15(18)13-7-5-6-8-14(13)17/h5-8,11-12,15H,3-4,9-10,18H2,1-2H3/t11-,12+,15?/m0/s1. The van der Waals surface area contributed by atoms with Crippen LogP contribution in [0.25, 0.3) is 0 Å². The second-order valence-corrected chi connectivity index (χ2v) is 5.41. The van der Waals surface area contributed by atoms with E-state index in [4.69, 9.17) is 5.73 Å². The molecule has 1 aromatic rings. The molecule has 3 atom stereocenters. The van der Waals surface area contributed by atoms with Gasteiger partial charge in [0.25, 0.3) is 0 Å². The van der Waals surface area contributed by atoms with Gasteiger partial charge in [-0.2, -0.15) is 0 Å². The first-order valence-corrected chi connectivity index (χ1v) is 7.38. The summed E-state index contributed by atoms with van der Waals surface area (Å²) in [4.78, 5) is 14.2. The third-order valence-electron chi connectivity index (χ3n) is 4.45. The van der Waals surface area contributed by atoms with E-state index in [1.807, 2.05) is 18.7 Å². The Hall–Kier alpha value is -1.42. The van der Waals surface area contributed by atoms with Crippen molar-refractivity contribution in [3.63, 3.8) is 0 Å². The third kappa shape index (κ3) is 2.70. The number of nitrogens with zero attached hydrogens (tertiary/aromatic N) is 1. The van der Waals surface area contributed by atoms with E-state index in [9.17, 15) is 9.18 Å². The highest BCUT2D eigenvalue weighted by molar-refractivity contribution is 5.80. The molecule has 2 N–H and O–H groups in total. The molecule has 0 aromatic heterocycles. The summed E-state index contributed by atoms with van der Waals surface area (Å²) >= 11 is 0. The number of halogens is 1. The van der Waals surface area contributed by atoms with E-state index in [1.54, 1.807) is 18.2 Å². The SMILES string of the molecule is CCN(CC)C(=O)[C@@H]1CC[C@@H]1C(N)c1ccccc1F. The largest absolute Gasteiger partial charge is 0.343 e. The van der Waals surface area contributed by atoms with Gasteiger partial charge in [-0.3, -0.25) is 4.79 Å². The topological polar surface area (TPSA) is 46.3 Å². The fraction of sp³-hybridized carbons (Fsp3) is 0.562. The molecular formula is C16H23FN2O. The Bertz CT molecular complexity index is 473. The smallest absolute Gasteiger partial charge is 0.226 e. The highest BCUT2D eigenvalue weighted by Gasteiger charge is 2.42. The molecule has 1 saturated carbocycles. The minimum absolute atomic E-state index is 0.0514. The zero-order chi connectivity index (χ0) is 14.7. The van der Waals surface area contributed by atoms with Gasteiger partial charge in [0.15, 0.2) is 0 Å². The Labute approximate surface area is 120 Å². The molecule has 0 bridgehead atoms. The molecule has 3 nitrogen and oxygen atoms in total. The molecule has 0 spiro atoms. The van der Waals surface area contributed by atoms with E-state index >= 15 is 0 Å². The minimum atomic E-state index is -0.394. The van der Waals surface area contributed by atoms with Crippen LogP contribution in [-0.2, 0) is 4.79 Å². The highest BCUT2D eigenvalue weighted by Crippen LogP contribution is 2.43. The Morgan fingerprint density at radius 3 is 2.50 bits per heavy atom. The number of benzene rings is 1. The van der Waals surface area contributed by atoms with E-state index in [0.717, 1.165) is 12.8 Å². The summed E-state index contributed by atoms with van der Waals surface area (Å²) in [6.07, 6.45) is 1.76. The molecule has 0 heterocycles. The van der Waals surface area contributed by atoms with Crippen LogP contribution in [0.3, 0.4) is 0 Å². The summed E-state index contributed by atoms with van der Waals surface area (Å²) in [6.45, 7) is 5.39. The monoisotopic (exact) mass is 278 g/mol. The lowest BCUT2D eigenvalue weighted by molar-refractivity contribution is -0.141. The molecule has 110 valence electrons. The van der Waals surface area contributed by atoms with Crippen LogP contribution in [0.1, 0.15) is 38.3 Å². The van der Waals surface area contributed by atoms with Gasteiger partial charge in [0.2, 0.25) is 5.91 Å². The fourth-order valence-electron chi connectivity index (χ4n) is 3.01. The van der Waals surface area contributed by atoms with Crippen LogP contribution in [-0.4, -0.2) is 23.9 Å². The van der Waals surface area contributed by atoms with Gasteiger partial charge in [0.1, 0.15) is 5.82 Å². The molecule has 1 fully saturated rings. The maximum absolute atomic E-state index is 13.8. The first-order chi connectivity index (χ1) is 9.60. The van der Waals surface area contributed by atoms with E-state index in [1.165, 1.54) is 6.07 Å². The van der Waals surface area contributed by atoms with Crippen molar-refractivity contribution < 1.29 is 9.18 Å². The Morgan fingerprint density at radius 1 is 1.35 bits per heavy atom. The summed E-state index contributed by atoms with van der Waals surface area (Å²) in [5, 5.41) is 0. The van der Waals surface area contributed by atoms with Crippen molar-refractivity contribution in [1.29, 1.82) is 0 Å². The van der Waals surface area contributed by atoms with Crippen LogP contribution in [0.15, 0.2) is 24.3 Å². The maximum Gasteiger partial charge on any atom is 0.226 e. The molecule has 1 aliphatic carbocycles. The van der Waals surface area contributed by atoms with Crippen molar-refractivity contribution in [1.82, 2.24) is 4.90 Å². The summed E-state index contributed by atoms with van der Waals surface area (Å²) in [6, 6.07) is 6.20. The number of amides is 1. The Morgan fingerprint density at radius 2 is 2.00 bits per heavy atom. The first kappa shape index (κ1) is 15.0. The van der Waals surface area contributed by atoms with Gasteiger partial charge in [-0.15, -0.1) is 0 Å². The molecule has 0 saturated heterocycles. The summed E-state index contributed by atoms with van der Waals surface area (Å²) in [5.74, 6) is -0.108. The third-order valence-corrected chi connectivity index (χ3v) is 4.45. The first-order valence-electron chi connectivity index (χ1n) is 7.38. The molecule has 20 heavy (non-hydrogen) atoms. The van der Waals surface area contributed by atoms with Crippen molar-refractivity contribution in [3.8, 4) is 0 Å². The van der Waals surface area contributed by atoms with Crippen LogP contribution in [0.5, 0.6) is 0 Å². The number of rotatable bonds is 5. The number of hydrogen-bond acceptors (Lipinski definition) is 2. The molecular weight excluding hydrogens is 255 g/mol. The van der Waals surface area contributed by atoms with Crippen molar-refractivity contribution in [3.05, 3.63) is 35.6 Å². The lowest BCUT2D eigenvalue weighted by Gasteiger charge is -2.41. The summed E-state index contributed by atoms with van der Waals surface area (Å²) in [5.41, 5.74) is 6.72. The zero-order valence-corrected chi connectivity index (χ0v) is 12.2. The van der Waals surface area contributed by atoms with E-state index in [2.05, 4.69) is 0 Å². The van der Waals surface area contributed by atoms with Gasteiger partial charge in [-0.25, -0.2) is 4.39 Å². The number of carbonyl (C=O) groups excluding carboxylic acids is 1. The number of carbonyl (C=O) groups is 1. The quantitative estimate of drug-likeness (QED) is 0.900. The molecule has 0 aliphatic heterocycles. The molecule has 1 aliphatic rings. The molecule has 2 rings (SSSR count). The average Bonchev–Trinajstić information content (AvgIpc) is 2.39. The van der Waals surface area contributed by atoms with Crippen LogP contribution in [0.4, 0.5) is 4.39 Å². The second kappa shape index (κ2) is 6.35. The minimum Gasteiger partial charge on any atom is -0.343 e. The summed E-state index contributed by atoms with van der Waals surface area (Å²) in [7, 11) is 0. The van der Waals surface area contributed by atoms with Crippen LogP contribution in [0, 0.1) is 17.7 Å². The van der Waals surface area contributed by atoms with Crippen LogP contribution in [0.2, 0.25) is 0 Å². The average molecular weight is 278 g/mol. The second-order valence-electron chi connectivity index (χ2n) is 5.41. The van der Waals surface area contributed by atoms with E-state index in [-0.39, 0.29) is 23.6 Å². The molecule has 1 aromatic carbocycles. The Balaban J connectivity index is 2.10. The van der Waals surface area contributed by atoms with Gasteiger partial charge in [0.05, 0.1) is 0 Å². The molecule has 1 amide bonds. The lowest BCUT2D eigenvalue weighted by Crippen LogP contribution is -2.46. The fourth-order valence-corrected chi connectivity index (χ4v) is 3.01. The van der Waals surface area contributed by atoms with Gasteiger partial charge >= 0.3 is 0 Å². The van der Waals surface area contributed by atoms with Crippen molar-refractivity contribution in [2.75, 3.05) is 13.1 Å². The predicted molar refractivity (Wildman–Crippen MR) is 77.5 cm³/mol. The molecule has 4 heteroatoms. The number of nitrogens with two attached hydrogens (primary N) is 1. The van der Waals surface area contributed by atoms with Crippen molar-refractivity contribution in [2.24, 2.45) is 17.6 Å². The van der Waals surface area contributed by atoms with Gasteiger partial charge in [-0.05, 0) is 38.7 Å². The van der Waals surface area contributed by atoms with Gasteiger partial charge in [0, 0.05) is 30.6 Å². The highest BCUT2D eigenvalue weighted by atomic mass is 19.1. The normalized spacial score (nSPS) is 23.0. The van der Waals surface area contributed by atoms with Crippen LogP contribution >= 0.6 is 0 Å². The lowest BCUT2D eigenvalue weighted by atomic mass is 9.67. The zero-order valence-electron chi connectivity index (χ0n) is 12.2. The predicted octanol–water partition coefficient (Wildman–Crippen LogP) is 2.72. The molecule has 0 radical (unpaired) electrons. The van der Waals surface area contributed by atoms with Crippen molar-refractivity contribution in [2.45, 2.75) is 32.7 Å². The van der Waals surface area contributed by atoms with Crippen molar-refractivity contribution >= 4 is 5.91 Å². The number of hydrogen-bond donors (Lipinski definition) is 1. The van der Waals surface area contributed by atoms with Gasteiger partial charge < -0.3 is 10.6 Å². The molecule has 1 unspecified atom stereocenters. The van der Waals surface area contributed by atoms with Crippen LogP contribution < -0.4 is 5.73 Å². The Kier molecular flexibility index (Phi) is 4.76. The van der Waals surface area contributed by atoms with E-state index in [0.29, 0.717) is 18.7 Å². The maximum atomic E-state index is 13.8. The van der Waals surface area contributed by atoms with Gasteiger partial charge in [-0.1, -0.05) is 18.2 Å².